The highest BCUT2D eigenvalue weighted by molar-refractivity contribution is 9.10. The van der Waals surface area contributed by atoms with Crippen molar-refractivity contribution in [3.8, 4) is 0 Å². The van der Waals surface area contributed by atoms with Gasteiger partial charge in [-0.3, -0.25) is 4.55 Å². The van der Waals surface area contributed by atoms with E-state index in [1.54, 1.807) is 12.1 Å². The van der Waals surface area contributed by atoms with Gasteiger partial charge in [0.2, 0.25) is 0 Å². The Morgan fingerprint density at radius 2 is 1.82 bits per heavy atom. The van der Waals surface area contributed by atoms with Crippen molar-refractivity contribution in [2.45, 2.75) is 70.3 Å². The second-order valence-corrected chi connectivity index (χ2v) is 14.3. The molecule has 1 heterocycles. The predicted molar refractivity (Wildman–Crippen MR) is 137 cm³/mol. The molecule has 0 saturated heterocycles. The van der Waals surface area contributed by atoms with E-state index >= 15 is 0 Å². The minimum atomic E-state index is -4.04. The molecular formula is C25H36BrNO4S2. The maximum absolute atomic E-state index is 11.1. The molecule has 0 spiro atoms. The van der Waals surface area contributed by atoms with Gasteiger partial charge in [0.15, 0.2) is 0 Å². The Morgan fingerprint density at radius 3 is 2.42 bits per heavy atom. The van der Waals surface area contributed by atoms with Crippen LogP contribution in [0.15, 0.2) is 44.7 Å². The van der Waals surface area contributed by atoms with Gasteiger partial charge in [-0.1, -0.05) is 43.1 Å². The number of hydrogen-bond acceptors (Lipinski definition) is 5. The summed E-state index contributed by atoms with van der Waals surface area (Å²) in [6.45, 7) is 7.29. The van der Waals surface area contributed by atoms with Gasteiger partial charge in [0.1, 0.15) is 0 Å². The van der Waals surface area contributed by atoms with Crippen LogP contribution in [0, 0.1) is 34.5 Å². The average molecular weight is 559 g/mol. The van der Waals surface area contributed by atoms with Crippen LogP contribution in [0.3, 0.4) is 0 Å². The Kier molecular flexibility index (Phi) is 7.35. The fraction of sp³-hybridized carbons (Fsp3) is 0.680. The summed E-state index contributed by atoms with van der Waals surface area (Å²) < 4.78 is 30.3. The Labute approximate surface area is 211 Å². The first-order valence-corrected chi connectivity index (χ1v) is 15.2. The van der Waals surface area contributed by atoms with Gasteiger partial charge in [-0.15, -0.1) is 11.8 Å². The van der Waals surface area contributed by atoms with E-state index in [9.17, 15) is 13.5 Å². The first kappa shape index (κ1) is 25.5. The monoisotopic (exact) mass is 557 g/mol. The Hall–Kier alpha value is -0.540. The Balaban J connectivity index is 0.000000200. The lowest BCUT2D eigenvalue weighted by Gasteiger charge is -2.57. The van der Waals surface area contributed by atoms with E-state index in [4.69, 9.17) is 4.55 Å². The molecular weight excluding hydrogens is 522 g/mol. The van der Waals surface area contributed by atoms with Crippen LogP contribution in [0.5, 0.6) is 0 Å². The van der Waals surface area contributed by atoms with Crippen LogP contribution in [0.25, 0.3) is 0 Å². The quantitative estimate of drug-likeness (QED) is 0.383. The summed E-state index contributed by atoms with van der Waals surface area (Å²) in [7, 11) is -4.04. The molecule has 8 heteroatoms. The van der Waals surface area contributed by atoms with Gasteiger partial charge in [-0.25, -0.2) is 0 Å². The molecule has 4 aliphatic rings. The highest BCUT2D eigenvalue weighted by Gasteiger charge is 2.60. The van der Waals surface area contributed by atoms with Crippen LogP contribution >= 0.6 is 27.7 Å². The Morgan fingerprint density at radius 1 is 1.12 bits per heavy atom. The van der Waals surface area contributed by atoms with Crippen molar-refractivity contribution < 1.29 is 18.1 Å². The van der Waals surface area contributed by atoms with E-state index in [1.165, 1.54) is 49.9 Å². The topological polar surface area (TPSA) is 86.6 Å². The lowest BCUT2D eigenvalue weighted by Crippen LogP contribution is -2.54. The molecule has 184 valence electrons. The molecule has 0 amide bonds. The molecule has 33 heavy (non-hydrogen) atoms. The summed E-state index contributed by atoms with van der Waals surface area (Å²) >= 11 is 5.03. The second-order valence-electron chi connectivity index (χ2n) is 11.1. The zero-order chi connectivity index (χ0) is 24.0. The number of halogens is 1. The largest absolute Gasteiger partial charge is 0.393 e. The number of aliphatic hydroxyl groups is 1. The zero-order valence-corrected chi connectivity index (χ0v) is 22.8. The summed E-state index contributed by atoms with van der Waals surface area (Å²) in [6.07, 6.45) is 7.59. The zero-order valence-electron chi connectivity index (χ0n) is 19.6. The van der Waals surface area contributed by atoms with Crippen molar-refractivity contribution in [1.82, 2.24) is 5.32 Å². The van der Waals surface area contributed by atoms with E-state index in [-0.39, 0.29) is 11.0 Å². The minimum absolute atomic E-state index is 0.0966. The number of benzene rings is 1. The average Bonchev–Trinajstić information content (AvgIpc) is 3.34. The van der Waals surface area contributed by atoms with Gasteiger partial charge in [-0.05, 0) is 90.4 Å². The van der Waals surface area contributed by atoms with Crippen LogP contribution in [0.2, 0.25) is 0 Å². The maximum atomic E-state index is 11.1. The van der Waals surface area contributed by atoms with E-state index in [0.29, 0.717) is 22.7 Å². The third kappa shape index (κ3) is 5.06. The van der Waals surface area contributed by atoms with Crippen LogP contribution in [-0.2, 0) is 10.1 Å². The molecule has 3 aliphatic carbocycles. The standard InChI is InChI=1S/C19H31NOS.C6H5BrO3S/c1-18(2)8-4-5-12-13-6-7-14(15-10-22-11-20-15)19(13,3)9-16(21)17(12)18;7-5-1-3-6(4-2-5)11(8,9)10/h10,12-14,16-17,20-21H,4-9,11H2,1-3H3;1-4H,(H,8,9,10)/t12-,13-,14+,16+,17+,19-;/m1./s1. The summed E-state index contributed by atoms with van der Waals surface area (Å²) in [4.78, 5) is -0.0966. The molecule has 0 unspecified atom stereocenters. The fourth-order valence-corrected chi connectivity index (χ4v) is 8.94. The predicted octanol–water partition coefficient (Wildman–Crippen LogP) is 6.06. The number of hydrogen-bond donors (Lipinski definition) is 3. The number of aliphatic hydroxyl groups excluding tert-OH is 1. The van der Waals surface area contributed by atoms with Gasteiger partial charge in [0.25, 0.3) is 10.1 Å². The van der Waals surface area contributed by atoms with Crippen molar-refractivity contribution >= 4 is 37.8 Å². The maximum Gasteiger partial charge on any atom is 0.294 e. The summed E-state index contributed by atoms with van der Waals surface area (Å²) in [6, 6.07) is 5.73. The number of allylic oxidation sites excluding steroid dienone is 1. The molecule has 6 atom stereocenters. The number of fused-ring (bicyclic) bond motifs is 3. The number of rotatable bonds is 2. The van der Waals surface area contributed by atoms with Gasteiger partial charge in [0, 0.05) is 16.1 Å². The van der Waals surface area contributed by atoms with Crippen LogP contribution in [0.4, 0.5) is 0 Å². The highest BCUT2D eigenvalue weighted by Crippen LogP contribution is 2.65. The lowest BCUT2D eigenvalue weighted by molar-refractivity contribution is -0.133. The molecule has 3 N–H and O–H groups in total. The van der Waals surface area contributed by atoms with E-state index < -0.39 is 10.1 Å². The third-order valence-corrected chi connectivity index (χ3v) is 10.9. The van der Waals surface area contributed by atoms with Crippen molar-refractivity contribution in [2.75, 3.05) is 5.88 Å². The summed E-state index contributed by atoms with van der Waals surface area (Å²) in [5.74, 6) is 3.77. The van der Waals surface area contributed by atoms with Gasteiger partial charge in [-0.2, -0.15) is 8.42 Å². The summed E-state index contributed by atoms with van der Waals surface area (Å²) in [5.41, 5.74) is 2.09. The minimum Gasteiger partial charge on any atom is -0.393 e. The molecule has 3 fully saturated rings. The summed E-state index contributed by atoms with van der Waals surface area (Å²) in [5, 5.41) is 17.0. The Bertz CT molecular complexity index is 994. The molecule has 1 aromatic rings. The third-order valence-electron chi connectivity index (χ3n) is 8.77. The van der Waals surface area contributed by atoms with Gasteiger partial charge in [0.05, 0.1) is 16.9 Å². The van der Waals surface area contributed by atoms with Crippen LogP contribution in [0.1, 0.15) is 59.3 Å². The molecule has 1 aromatic carbocycles. The smallest absolute Gasteiger partial charge is 0.294 e. The van der Waals surface area contributed by atoms with Crippen molar-refractivity contribution in [3.63, 3.8) is 0 Å². The van der Waals surface area contributed by atoms with Crippen molar-refractivity contribution in [3.05, 3.63) is 39.8 Å². The number of thioether (sulfide) groups is 1. The van der Waals surface area contributed by atoms with Gasteiger partial charge < -0.3 is 10.4 Å². The number of nitrogens with one attached hydrogen (secondary N) is 1. The molecule has 1 aliphatic heterocycles. The highest BCUT2D eigenvalue weighted by atomic mass is 79.9. The second kappa shape index (κ2) is 9.49. The molecule has 0 bridgehead atoms. The molecule has 5 rings (SSSR count). The van der Waals surface area contributed by atoms with E-state index in [1.807, 2.05) is 11.8 Å². The molecule has 5 nitrogen and oxygen atoms in total. The molecule has 3 saturated carbocycles. The van der Waals surface area contributed by atoms with E-state index in [2.05, 4.69) is 47.4 Å². The van der Waals surface area contributed by atoms with Crippen LogP contribution in [-0.4, -0.2) is 30.1 Å². The first-order chi connectivity index (χ1) is 15.4. The van der Waals surface area contributed by atoms with E-state index in [0.717, 1.165) is 28.6 Å². The first-order valence-electron chi connectivity index (χ1n) is 11.9. The normalized spacial score (nSPS) is 37.2. The van der Waals surface area contributed by atoms with Crippen molar-refractivity contribution in [2.24, 2.45) is 34.5 Å². The van der Waals surface area contributed by atoms with Crippen LogP contribution < -0.4 is 5.32 Å². The fourth-order valence-electron chi connectivity index (χ4n) is 7.44. The SMILES string of the molecule is CC1(C)CCC[C@H]2[C@H]1[C@@H](O)C[C@]1(C)[C@@H]2CC[C@H]1C1=CSCN1.O=S(=O)(O)c1ccc(Br)cc1. The lowest BCUT2D eigenvalue weighted by atomic mass is 9.48. The van der Waals surface area contributed by atoms with Gasteiger partial charge >= 0.3 is 0 Å². The van der Waals surface area contributed by atoms with Crippen molar-refractivity contribution in [1.29, 1.82) is 0 Å². The molecule has 0 radical (unpaired) electrons. The molecule has 0 aromatic heterocycles.